The Morgan fingerprint density at radius 2 is 2.13 bits per heavy atom. The molecule has 1 saturated carbocycles. The van der Waals surface area contributed by atoms with Gasteiger partial charge in [-0.2, -0.15) is 9.61 Å². The zero-order chi connectivity index (χ0) is 21.8. The zero-order valence-electron chi connectivity index (χ0n) is 17.3. The number of carbonyl (C=O) groups is 1. The summed E-state index contributed by atoms with van der Waals surface area (Å²) in [5.41, 5.74) is 1.04. The number of methoxy groups -OCH3 is 1. The van der Waals surface area contributed by atoms with Crippen LogP contribution in [-0.2, 0) is 4.74 Å². The van der Waals surface area contributed by atoms with Crippen LogP contribution >= 0.6 is 0 Å². The van der Waals surface area contributed by atoms with Crippen molar-refractivity contribution in [2.24, 2.45) is 0 Å². The van der Waals surface area contributed by atoms with Crippen LogP contribution in [0.2, 0.25) is 0 Å². The van der Waals surface area contributed by atoms with E-state index in [-0.39, 0.29) is 24.4 Å². The van der Waals surface area contributed by atoms with Crippen LogP contribution < -0.4 is 20.7 Å². The molecular formula is C20H24FN7O3. The Morgan fingerprint density at radius 1 is 1.29 bits per heavy atom. The molecule has 0 unspecified atom stereocenters. The van der Waals surface area contributed by atoms with Crippen LogP contribution in [-0.4, -0.2) is 58.9 Å². The molecule has 31 heavy (non-hydrogen) atoms. The molecule has 1 aliphatic carbocycles. The molecule has 0 aliphatic heterocycles. The fourth-order valence-corrected chi connectivity index (χ4v) is 3.17. The van der Waals surface area contributed by atoms with E-state index in [9.17, 15) is 9.18 Å². The molecule has 4 rings (SSSR count). The minimum absolute atomic E-state index is 0.192. The van der Waals surface area contributed by atoms with E-state index in [1.54, 1.807) is 24.7 Å². The smallest absolute Gasteiger partial charge is 0.256 e. The number of anilines is 3. The van der Waals surface area contributed by atoms with Crippen LogP contribution in [0.3, 0.4) is 0 Å². The predicted octanol–water partition coefficient (Wildman–Crippen LogP) is 2.36. The van der Waals surface area contributed by atoms with Crippen molar-refractivity contribution in [1.29, 1.82) is 0 Å². The van der Waals surface area contributed by atoms with E-state index < -0.39 is 5.82 Å². The average Bonchev–Trinajstić information content (AvgIpc) is 3.16. The summed E-state index contributed by atoms with van der Waals surface area (Å²) >= 11 is 0. The molecule has 164 valence electrons. The van der Waals surface area contributed by atoms with Gasteiger partial charge in [-0.1, -0.05) is 0 Å². The molecule has 3 N–H and O–H groups in total. The minimum atomic E-state index is -0.526. The Bertz CT molecular complexity index is 1080. The van der Waals surface area contributed by atoms with Crippen molar-refractivity contribution < 1.29 is 18.7 Å². The number of ether oxygens (including phenoxy) is 2. The van der Waals surface area contributed by atoms with E-state index in [2.05, 4.69) is 31.0 Å². The van der Waals surface area contributed by atoms with Crippen molar-refractivity contribution in [3.63, 3.8) is 0 Å². The van der Waals surface area contributed by atoms with Crippen molar-refractivity contribution in [3.05, 3.63) is 35.9 Å². The van der Waals surface area contributed by atoms with Gasteiger partial charge in [-0.05, 0) is 19.3 Å². The number of carbonyl (C=O) groups excluding carboxylic acids is 1. The largest absolute Gasteiger partial charge is 0.474 e. The number of aromatic nitrogens is 4. The first kappa shape index (κ1) is 20.8. The number of fused-ring (bicyclic) bond motifs is 1. The number of pyridine rings is 1. The standard InChI is InChI=1S/C20H24FN7O3/c1-22-17-9-16(26-15-8-12(21)10-23-20(15)31-7-6-30-2)27-18-14(11-24-28(17)18)19(29)25-13-4-3-5-13/h8-11,13,22H,3-7H2,1-2H3,(H,25,29)(H,26,27). The van der Waals surface area contributed by atoms with Crippen molar-refractivity contribution >= 4 is 28.9 Å². The van der Waals surface area contributed by atoms with Crippen LogP contribution in [0.25, 0.3) is 5.65 Å². The van der Waals surface area contributed by atoms with Gasteiger partial charge in [0.05, 0.1) is 19.0 Å². The fraction of sp³-hybridized carbons (Fsp3) is 0.400. The van der Waals surface area contributed by atoms with E-state index in [1.165, 1.54) is 12.3 Å². The Balaban J connectivity index is 1.65. The second-order valence-corrected chi connectivity index (χ2v) is 7.14. The van der Waals surface area contributed by atoms with E-state index >= 15 is 0 Å². The lowest BCUT2D eigenvalue weighted by Gasteiger charge is -2.26. The van der Waals surface area contributed by atoms with Crippen molar-refractivity contribution in [1.82, 2.24) is 24.9 Å². The van der Waals surface area contributed by atoms with Crippen molar-refractivity contribution in [2.75, 3.05) is 38.0 Å². The molecule has 3 aromatic heterocycles. The summed E-state index contributed by atoms with van der Waals surface area (Å²) in [5, 5.41) is 13.3. The Morgan fingerprint density at radius 3 is 2.84 bits per heavy atom. The number of hydrogen-bond acceptors (Lipinski definition) is 8. The van der Waals surface area contributed by atoms with Gasteiger partial charge < -0.3 is 25.4 Å². The normalized spacial score (nSPS) is 13.6. The van der Waals surface area contributed by atoms with Crippen LogP contribution in [0.4, 0.5) is 21.7 Å². The summed E-state index contributed by atoms with van der Waals surface area (Å²) in [6.45, 7) is 0.619. The van der Waals surface area contributed by atoms with Gasteiger partial charge in [-0.3, -0.25) is 4.79 Å². The van der Waals surface area contributed by atoms with Crippen LogP contribution in [0.1, 0.15) is 29.6 Å². The lowest BCUT2D eigenvalue weighted by molar-refractivity contribution is 0.0918. The molecule has 3 aromatic rings. The maximum Gasteiger partial charge on any atom is 0.256 e. The molecule has 11 heteroatoms. The number of amides is 1. The summed E-state index contributed by atoms with van der Waals surface area (Å²) in [7, 11) is 3.29. The second-order valence-electron chi connectivity index (χ2n) is 7.14. The van der Waals surface area contributed by atoms with Gasteiger partial charge in [0.25, 0.3) is 5.91 Å². The van der Waals surface area contributed by atoms with Crippen LogP contribution in [0, 0.1) is 5.82 Å². The third kappa shape index (κ3) is 4.50. The molecule has 1 aliphatic rings. The van der Waals surface area contributed by atoms with Gasteiger partial charge >= 0.3 is 0 Å². The monoisotopic (exact) mass is 429 g/mol. The van der Waals surface area contributed by atoms with Gasteiger partial charge in [-0.15, -0.1) is 0 Å². The molecule has 0 atom stereocenters. The quantitative estimate of drug-likeness (QED) is 0.444. The van der Waals surface area contributed by atoms with Crippen molar-refractivity contribution in [2.45, 2.75) is 25.3 Å². The van der Waals surface area contributed by atoms with E-state index in [4.69, 9.17) is 9.47 Å². The van der Waals surface area contributed by atoms with Gasteiger partial charge in [0.15, 0.2) is 5.65 Å². The topological polar surface area (TPSA) is 115 Å². The van der Waals surface area contributed by atoms with Gasteiger partial charge in [0, 0.05) is 32.3 Å². The molecule has 0 spiro atoms. The summed E-state index contributed by atoms with van der Waals surface area (Å²) in [4.78, 5) is 21.2. The lowest BCUT2D eigenvalue weighted by Crippen LogP contribution is -2.39. The van der Waals surface area contributed by atoms with Crippen LogP contribution in [0.5, 0.6) is 5.88 Å². The third-order valence-corrected chi connectivity index (χ3v) is 5.02. The molecule has 0 saturated heterocycles. The van der Waals surface area contributed by atoms with E-state index in [1.807, 2.05) is 0 Å². The SMILES string of the molecule is CNc1cc(Nc2cc(F)cnc2OCCOC)nc2c(C(=O)NC3CCC3)cnn12. The number of nitrogens with zero attached hydrogens (tertiary/aromatic N) is 4. The fourth-order valence-electron chi connectivity index (χ4n) is 3.17. The molecule has 0 bridgehead atoms. The van der Waals surface area contributed by atoms with E-state index in [0.717, 1.165) is 25.5 Å². The summed E-state index contributed by atoms with van der Waals surface area (Å²) in [6.07, 6.45) is 5.63. The maximum atomic E-state index is 13.8. The molecule has 1 amide bonds. The summed E-state index contributed by atoms with van der Waals surface area (Å²) in [6, 6.07) is 3.15. The lowest BCUT2D eigenvalue weighted by atomic mass is 9.93. The first-order valence-electron chi connectivity index (χ1n) is 10.0. The highest BCUT2D eigenvalue weighted by Gasteiger charge is 2.23. The predicted molar refractivity (Wildman–Crippen MR) is 112 cm³/mol. The zero-order valence-corrected chi connectivity index (χ0v) is 17.3. The highest BCUT2D eigenvalue weighted by Crippen LogP contribution is 2.28. The van der Waals surface area contributed by atoms with Gasteiger partial charge in [0.2, 0.25) is 5.88 Å². The molecular weight excluding hydrogens is 405 g/mol. The first-order chi connectivity index (χ1) is 15.1. The van der Waals surface area contributed by atoms with Gasteiger partial charge in [0.1, 0.15) is 35.3 Å². The number of nitrogens with one attached hydrogen (secondary N) is 3. The second kappa shape index (κ2) is 9.13. The molecule has 1 fully saturated rings. The van der Waals surface area contributed by atoms with E-state index in [0.29, 0.717) is 35.1 Å². The molecule has 0 radical (unpaired) electrons. The highest BCUT2D eigenvalue weighted by molar-refractivity contribution is 6.00. The minimum Gasteiger partial charge on any atom is -0.474 e. The summed E-state index contributed by atoms with van der Waals surface area (Å²) in [5.74, 6) is 0.437. The van der Waals surface area contributed by atoms with Crippen molar-refractivity contribution in [3.8, 4) is 5.88 Å². The number of halogens is 1. The Kier molecular flexibility index (Phi) is 6.12. The Labute approximate surface area is 178 Å². The summed E-state index contributed by atoms with van der Waals surface area (Å²) < 4.78 is 25.9. The third-order valence-electron chi connectivity index (χ3n) is 5.02. The maximum absolute atomic E-state index is 13.8. The molecule has 3 heterocycles. The number of hydrogen-bond donors (Lipinski definition) is 3. The average molecular weight is 429 g/mol. The van der Waals surface area contributed by atoms with Crippen LogP contribution in [0.15, 0.2) is 24.5 Å². The van der Waals surface area contributed by atoms with Gasteiger partial charge in [-0.25, -0.2) is 14.4 Å². The Hall–Kier alpha value is -3.47. The molecule has 0 aromatic carbocycles. The first-order valence-corrected chi connectivity index (χ1v) is 10.0. The number of rotatable bonds is 9. The molecule has 10 nitrogen and oxygen atoms in total. The highest BCUT2D eigenvalue weighted by atomic mass is 19.1.